The lowest BCUT2D eigenvalue weighted by atomic mass is 9.86. The van der Waals surface area contributed by atoms with Crippen LogP contribution in [-0.4, -0.2) is 24.5 Å². The van der Waals surface area contributed by atoms with Gasteiger partial charge in [0.15, 0.2) is 0 Å². The Balaban J connectivity index is 1.20. The summed E-state index contributed by atoms with van der Waals surface area (Å²) in [5.41, 5.74) is 8.69. The number of piperidine rings is 1. The van der Waals surface area contributed by atoms with Crippen LogP contribution in [-0.2, 0) is 0 Å². The van der Waals surface area contributed by atoms with Crippen molar-refractivity contribution in [2.45, 2.75) is 96.8 Å². The van der Waals surface area contributed by atoms with E-state index in [1.807, 2.05) is 0 Å². The summed E-state index contributed by atoms with van der Waals surface area (Å²) in [6, 6.07) is 17.9. The number of nitrogens with zero attached hydrogens (tertiary/aromatic N) is 1. The minimum atomic E-state index is 1.20. The predicted octanol–water partition coefficient (Wildman–Crippen LogP) is 9.77. The SMILES string of the molecule is CCCCCCCCCCCCCCN1CCC(=C2c3ccccc3C=Cc3ccccc32)CC1. The molecule has 1 heterocycles. The topological polar surface area (TPSA) is 3.24 Å². The number of unbranched alkanes of at least 4 members (excludes halogenated alkanes) is 11. The van der Waals surface area contributed by atoms with E-state index in [1.54, 1.807) is 5.57 Å². The molecular weight excluding hydrogens is 422 g/mol. The van der Waals surface area contributed by atoms with Crippen molar-refractivity contribution in [2.75, 3.05) is 19.6 Å². The van der Waals surface area contributed by atoms with Crippen molar-refractivity contribution in [1.29, 1.82) is 0 Å². The van der Waals surface area contributed by atoms with Gasteiger partial charge in [-0.25, -0.2) is 0 Å². The summed E-state index contributed by atoms with van der Waals surface area (Å²) in [5, 5.41) is 0. The van der Waals surface area contributed by atoms with Gasteiger partial charge in [-0.2, -0.15) is 0 Å². The van der Waals surface area contributed by atoms with Crippen LogP contribution in [0.1, 0.15) is 119 Å². The Bertz CT molecular complexity index is 905. The highest BCUT2D eigenvalue weighted by Crippen LogP contribution is 2.38. The fourth-order valence-electron chi connectivity index (χ4n) is 5.92. The van der Waals surface area contributed by atoms with Gasteiger partial charge >= 0.3 is 0 Å². The zero-order valence-corrected chi connectivity index (χ0v) is 22.2. The lowest BCUT2D eigenvalue weighted by Crippen LogP contribution is -2.32. The summed E-state index contributed by atoms with van der Waals surface area (Å²) in [4.78, 5) is 2.72. The molecule has 2 aromatic carbocycles. The summed E-state index contributed by atoms with van der Waals surface area (Å²) in [5.74, 6) is 0. The maximum Gasteiger partial charge on any atom is 0.00190 e. The van der Waals surface area contributed by atoms with Crippen LogP contribution in [0.2, 0.25) is 0 Å². The van der Waals surface area contributed by atoms with Gasteiger partial charge in [-0.1, -0.05) is 144 Å². The van der Waals surface area contributed by atoms with Crippen LogP contribution in [0.4, 0.5) is 0 Å². The van der Waals surface area contributed by atoms with E-state index >= 15 is 0 Å². The molecule has 0 bridgehead atoms. The Morgan fingerprint density at radius 2 is 1.03 bits per heavy atom. The van der Waals surface area contributed by atoms with E-state index in [0.717, 1.165) is 0 Å². The first-order chi connectivity index (χ1) is 17.4. The lowest BCUT2D eigenvalue weighted by molar-refractivity contribution is 0.251. The average Bonchev–Trinajstić information content (AvgIpc) is 3.07. The van der Waals surface area contributed by atoms with Gasteiger partial charge in [-0.15, -0.1) is 0 Å². The molecule has 0 amide bonds. The molecule has 4 rings (SSSR count). The Hall–Kier alpha value is -2.12. The first-order valence-electron chi connectivity index (χ1n) is 14.7. The normalized spacial score (nSPS) is 15.7. The van der Waals surface area contributed by atoms with E-state index in [2.05, 4.69) is 72.5 Å². The van der Waals surface area contributed by atoms with Crippen LogP contribution < -0.4 is 0 Å². The molecule has 1 saturated heterocycles. The molecule has 0 unspecified atom stereocenters. The van der Waals surface area contributed by atoms with Crippen molar-refractivity contribution in [2.24, 2.45) is 0 Å². The zero-order valence-electron chi connectivity index (χ0n) is 22.2. The van der Waals surface area contributed by atoms with E-state index in [1.165, 1.54) is 137 Å². The van der Waals surface area contributed by atoms with Gasteiger partial charge < -0.3 is 4.90 Å². The van der Waals surface area contributed by atoms with E-state index in [9.17, 15) is 0 Å². The highest BCUT2D eigenvalue weighted by atomic mass is 15.1. The van der Waals surface area contributed by atoms with E-state index in [-0.39, 0.29) is 0 Å². The molecule has 0 atom stereocenters. The number of hydrogen-bond acceptors (Lipinski definition) is 1. The molecule has 1 aliphatic heterocycles. The summed E-state index contributed by atoms with van der Waals surface area (Å²) in [6.07, 6.45) is 24.2. The van der Waals surface area contributed by atoms with Gasteiger partial charge in [-0.05, 0) is 53.6 Å². The van der Waals surface area contributed by atoms with Crippen LogP contribution in [0.5, 0.6) is 0 Å². The fraction of sp³-hybridized carbons (Fsp3) is 0.529. The highest BCUT2D eigenvalue weighted by molar-refractivity contribution is 5.94. The van der Waals surface area contributed by atoms with Crippen molar-refractivity contribution < 1.29 is 0 Å². The second-order valence-corrected chi connectivity index (χ2v) is 10.7. The van der Waals surface area contributed by atoms with Crippen molar-refractivity contribution in [3.63, 3.8) is 0 Å². The minimum Gasteiger partial charge on any atom is -0.303 e. The highest BCUT2D eigenvalue weighted by Gasteiger charge is 2.22. The van der Waals surface area contributed by atoms with E-state index < -0.39 is 0 Å². The van der Waals surface area contributed by atoms with Gasteiger partial charge in [0, 0.05) is 13.1 Å². The molecule has 0 saturated carbocycles. The number of rotatable bonds is 13. The third-order valence-electron chi connectivity index (χ3n) is 8.04. The number of likely N-dealkylation sites (tertiary alicyclic amines) is 1. The fourth-order valence-corrected chi connectivity index (χ4v) is 5.92. The van der Waals surface area contributed by atoms with Gasteiger partial charge in [0.05, 0.1) is 0 Å². The molecule has 0 spiro atoms. The molecule has 1 fully saturated rings. The summed E-state index contributed by atoms with van der Waals surface area (Å²) >= 11 is 0. The minimum absolute atomic E-state index is 1.20. The Morgan fingerprint density at radius 1 is 0.571 bits per heavy atom. The predicted molar refractivity (Wildman–Crippen MR) is 155 cm³/mol. The van der Waals surface area contributed by atoms with E-state index in [0.29, 0.717) is 0 Å². The second-order valence-electron chi connectivity index (χ2n) is 10.7. The molecule has 1 aliphatic carbocycles. The monoisotopic (exact) mass is 469 g/mol. The molecule has 0 N–H and O–H groups in total. The molecule has 1 heteroatoms. The van der Waals surface area contributed by atoms with Gasteiger partial charge in [0.1, 0.15) is 0 Å². The van der Waals surface area contributed by atoms with Crippen LogP contribution in [0.3, 0.4) is 0 Å². The largest absolute Gasteiger partial charge is 0.303 e. The Labute approximate surface area is 215 Å². The zero-order chi connectivity index (χ0) is 24.1. The van der Waals surface area contributed by atoms with Crippen LogP contribution in [0.15, 0.2) is 54.1 Å². The van der Waals surface area contributed by atoms with Crippen molar-refractivity contribution in [1.82, 2.24) is 4.90 Å². The van der Waals surface area contributed by atoms with Gasteiger partial charge in [0.2, 0.25) is 0 Å². The first-order valence-corrected chi connectivity index (χ1v) is 14.7. The molecule has 1 nitrogen and oxygen atoms in total. The van der Waals surface area contributed by atoms with Crippen LogP contribution >= 0.6 is 0 Å². The van der Waals surface area contributed by atoms with Crippen molar-refractivity contribution >= 4 is 17.7 Å². The molecule has 2 aliphatic rings. The summed E-state index contributed by atoms with van der Waals surface area (Å²) < 4.78 is 0. The first kappa shape index (κ1) is 26.0. The standard InChI is InChI=1S/C34H47N/c1-2-3-4-5-6-7-8-9-10-11-12-17-26-35-27-24-31(25-28-35)34-32-20-15-13-18-29(32)22-23-30-19-14-16-21-33(30)34/h13-16,18-23H,2-12,17,24-28H2,1H3. The number of fused-ring (bicyclic) bond motifs is 2. The molecule has 2 aromatic rings. The number of benzene rings is 2. The molecule has 0 radical (unpaired) electrons. The van der Waals surface area contributed by atoms with E-state index in [4.69, 9.17) is 0 Å². The Morgan fingerprint density at radius 3 is 1.54 bits per heavy atom. The molecule has 35 heavy (non-hydrogen) atoms. The molecular formula is C34H47N. The van der Waals surface area contributed by atoms with Crippen molar-refractivity contribution in [3.8, 4) is 0 Å². The molecule has 188 valence electrons. The smallest absolute Gasteiger partial charge is 0.00190 e. The second kappa shape index (κ2) is 14.4. The van der Waals surface area contributed by atoms with Crippen LogP contribution in [0.25, 0.3) is 17.7 Å². The van der Waals surface area contributed by atoms with Crippen molar-refractivity contribution in [3.05, 3.63) is 76.4 Å². The third kappa shape index (κ3) is 7.68. The lowest BCUT2D eigenvalue weighted by Gasteiger charge is -2.30. The molecule has 0 aromatic heterocycles. The summed E-state index contributed by atoms with van der Waals surface area (Å²) in [6.45, 7) is 6.02. The van der Waals surface area contributed by atoms with Crippen LogP contribution in [0, 0.1) is 0 Å². The maximum atomic E-state index is 2.72. The average molecular weight is 470 g/mol. The van der Waals surface area contributed by atoms with Gasteiger partial charge in [-0.3, -0.25) is 0 Å². The quantitative estimate of drug-likeness (QED) is 0.225. The van der Waals surface area contributed by atoms with Gasteiger partial charge in [0.25, 0.3) is 0 Å². The third-order valence-corrected chi connectivity index (χ3v) is 8.04. The summed E-state index contributed by atoms with van der Waals surface area (Å²) in [7, 11) is 0. The number of hydrogen-bond donors (Lipinski definition) is 0. The Kier molecular flexibility index (Phi) is 10.7. The maximum absolute atomic E-state index is 2.72.